The second-order valence-corrected chi connectivity index (χ2v) is 5.63. The third kappa shape index (κ3) is 5.22. The van der Waals surface area contributed by atoms with Crippen LogP contribution in [0.5, 0.6) is 0 Å². The summed E-state index contributed by atoms with van der Waals surface area (Å²) < 4.78 is 0. The fraction of sp³-hybridized carbons (Fsp3) is 0.538. The Labute approximate surface area is 126 Å². The van der Waals surface area contributed by atoms with Crippen molar-refractivity contribution in [2.45, 2.75) is 32.7 Å². The molecule has 0 bridgehead atoms. The van der Waals surface area contributed by atoms with Crippen LogP contribution in [-0.2, 0) is 16.0 Å². The Kier molecular flexibility index (Phi) is 6.41. The molecule has 8 heteroatoms. The summed E-state index contributed by atoms with van der Waals surface area (Å²) in [5, 5.41) is 11.6. The van der Waals surface area contributed by atoms with E-state index in [4.69, 9.17) is 5.11 Å². The lowest BCUT2D eigenvalue weighted by molar-refractivity contribution is -0.141. The molecule has 1 rings (SSSR count). The van der Waals surface area contributed by atoms with Crippen LogP contribution in [0.4, 0.5) is 0 Å². The average Bonchev–Trinajstić information content (AvgIpc) is 2.38. The number of carboxylic acids is 1. The van der Waals surface area contributed by atoms with Crippen molar-refractivity contribution in [1.29, 1.82) is 0 Å². The maximum Gasteiger partial charge on any atom is 0.345 e. The van der Waals surface area contributed by atoms with E-state index in [9.17, 15) is 14.4 Å². The van der Waals surface area contributed by atoms with Crippen molar-refractivity contribution in [1.82, 2.24) is 15.3 Å². The Bertz CT molecular complexity index is 559. The molecule has 0 saturated carbocycles. The minimum Gasteiger partial charge on any atom is -0.480 e. The molecule has 0 aliphatic carbocycles. The van der Waals surface area contributed by atoms with Crippen molar-refractivity contribution in [3.63, 3.8) is 0 Å². The predicted octanol–water partition coefficient (Wildman–Crippen LogP) is 0.252. The zero-order valence-corrected chi connectivity index (χ0v) is 13.0. The van der Waals surface area contributed by atoms with Gasteiger partial charge in [-0.2, -0.15) is 16.7 Å². The first-order valence-electron chi connectivity index (χ1n) is 6.42. The Balaban J connectivity index is 2.77. The third-order valence-electron chi connectivity index (χ3n) is 3.03. The fourth-order valence-corrected chi connectivity index (χ4v) is 2.39. The predicted molar refractivity (Wildman–Crippen MR) is 80.6 cm³/mol. The van der Waals surface area contributed by atoms with Crippen LogP contribution >= 0.6 is 11.8 Å². The monoisotopic (exact) mass is 313 g/mol. The van der Waals surface area contributed by atoms with Crippen LogP contribution in [0.2, 0.25) is 0 Å². The standard InChI is InChI=1S/C13H19N3O4S/c1-7-9(8(2)15-13(20)14-7)6-11(17)16-10(12(18)19)4-5-21-3/h10H,4-6H2,1-3H3,(H,16,17)(H,18,19)(H,14,15,20)/t10-/m1/s1. The molecule has 1 aromatic heterocycles. The van der Waals surface area contributed by atoms with E-state index in [2.05, 4.69) is 15.3 Å². The summed E-state index contributed by atoms with van der Waals surface area (Å²) in [5.41, 5.74) is 1.19. The minimum atomic E-state index is -1.05. The molecular weight excluding hydrogens is 294 g/mol. The number of aromatic amines is 1. The van der Waals surface area contributed by atoms with Gasteiger partial charge in [-0.15, -0.1) is 0 Å². The SMILES string of the molecule is CSCC[C@@H](NC(=O)Cc1c(C)nc(=O)[nH]c1C)C(=O)O. The van der Waals surface area contributed by atoms with Gasteiger partial charge in [0.2, 0.25) is 5.91 Å². The minimum absolute atomic E-state index is 0.00943. The fourth-order valence-electron chi connectivity index (χ4n) is 1.91. The van der Waals surface area contributed by atoms with E-state index in [0.29, 0.717) is 29.1 Å². The smallest absolute Gasteiger partial charge is 0.345 e. The zero-order valence-electron chi connectivity index (χ0n) is 12.2. The largest absolute Gasteiger partial charge is 0.480 e. The van der Waals surface area contributed by atoms with E-state index >= 15 is 0 Å². The Morgan fingerprint density at radius 3 is 2.62 bits per heavy atom. The van der Waals surface area contributed by atoms with E-state index in [1.54, 1.807) is 13.8 Å². The lowest BCUT2D eigenvalue weighted by Gasteiger charge is -2.15. The van der Waals surface area contributed by atoms with Crippen molar-refractivity contribution in [2.24, 2.45) is 0 Å². The number of aromatic nitrogens is 2. The van der Waals surface area contributed by atoms with Crippen molar-refractivity contribution in [3.05, 3.63) is 27.4 Å². The van der Waals surface area contributed by atoms with Gasteiger partial charge in [-0.1, -0.05) is 0 Å². The molecule has 0 fully saturated rings. The number of rotatable bonds is 7. The van der Waals surface area contributed by atoms with Gasteiger partial charge in [0.1, 0.15) is 6.04 Å². The number of carbonyl (C=O) groups excluding carboxylic acids is 1. The molecule has 0 spiro atoms. The first-order chi connectivity index (χ1) is 9.85. The van der Waals surface area contributed by atoms with E-state index in [1.165, 1.54) is 11.8 Å². The van der Waals surface area contributed by atoms with Crippen LogP contribution in [-0.4, -0.2) is 45.0 Å². The summed E-state index contributed by atoms with van der Waals surface area (Å²) in [6, 6.07) is -0.902. The summed E-state index contributed by atoms with van der Waals surface area (Å²) in [5.74, 6) is -0.802. The van der Waals surface area contributed by atoms with Crippen molar-refractivity contribution < 1.29 is 14.7 Å². The third-order valence-corrected chi connectivity index (χ3v) is 3.68. The molecule has 1 heterocycles. The highest BCUT2D eigenvalue weighted by atomic mass is 32.2. The summed E-state index contributed by atoms with van der Waals surface area (Å²) in [7, 11) is 0. The molecule has 116 valence electrons. The number of hydrogen-bond acceptors (Lipinski definition) is 5. The molecule has 0 aromatic carbocycles. The van der Waals surface area contributed by atoms with E-state index in [0.717, 1.165) is 0 Å². The highest BCUT2D eigenvalue weighted by Crippen LogP contribution is 2.08. The molecule has 7 nitrogen and oxygen atoms in total. The zero-order chi connectivity index (χ0) is 16.0. The molecule has 1 atom stereocenters. The van der Waals surface area contributed by atoms with Crippen LogP contribution in [0.25, 0.3) is 0 Å². The number of H-pyrrole nitrogens is 1. The van der Waals surface area contributed by atoms with E-state index in [-0.39, 0.29) is 6.42 Å². The van der Waals surface area contributed by atoms with Gasteiger partial charge >= 0.3 is 11.7 Å². The summed E-state index contributed by atoms with van der Waals surface area (Å²) >= 11 is 1.52. The highest BCUT2D eigenvalue weighted by Gasteiger charge is 2.20. The van der Waals surface area contributed by atoms with Gasteiger partial charge in [-0.3, -0.25) is 4.79 Å². The molecule has 0 aliphatic heterocycles. The number of carboxylic acid groups (broad SMARTS) is 1. The maximum absolute atomic E-state index is 12.0. The number of aryl methyl sites for hydroxylation is 2. The van der Waals surface area contributed by atoms with E-state index in [1.807, 2.05) is 6.26 Å². The molecule has 0 aliphatic rings. The molecule has 21 heavy (non-hydrogen) atoms. The number of nitrogens with one attached hydrogen (secondary N) is 2. The van der Waals surface area contributed by atoms with Gasteiger partial charge in [0.05, 0.1) is 6.42 Å². The second kappa shape index (κ2) is 7.82. The topological polar surface area (TPSA) is 112 Å². The van der Waals surface area contributed by atoms with Crippen LogP contribution in [0, 0.1) is 13.8 Å². The van der Waals surface area contributed by atoms with Crippen LogP contribution < -0.4 is 11.0 Å². The lowest BCUT2D eigenvalue weighted by Crippen LogP contribution is -2.42. The number of amides is 1. The van der Waals surface area contributed by atoms with E-state index < -0.39 is 23.6 Å². The number of aliphatic carboxylic acids is 1. The Hall–Kier alpha value is -1.83. The van der Waals surface area contributed by atoms with Gasteiger partial charge in [-0.25, -0.2) is 9.59 Å². The van der Waals surface area contributed by atoms with Gasteiger partial charge in [0, 0.05) is 17.0 Å². The first-order valence-corrected chi connectivity index (χ1v) is 7.82. The molecule has 0 saturated heterocycles. The molecule has 1 aromatic rings. The quantitative estimate of drug-likeness (QED) is 0.665. The maximum atomic E-state index is 12.0. The van der Waals surface area contributed by atoms with Gasteiger partial charge < -0.3 is 15.4 Å². The Morgan fingerprint density at radius 2 is 2.10 bits per heavy atom. The van der Waals surface area contributed by atoms with Gasteiger partial charge in [-0.05, 0) is 32.3 Å². The average molecular weight is 313 g/mol. The summed E-state index contributed by atoms with van der Waals surface area (Å²) in [6.07, 6.45) is 2.23. The van der Waals surface area contributed by atoms with Crippen LogP contribution in [0.3, 0.4) is 0 Å². The van der Waals surface area contributed by atoms with Crippen molar-refractivity contribution in [3.8, 4) is 0 Å². The highest BCUT2D eigenvalue weighted by molar-refractivity contribution is 7.98. The number of nitrogens with zero attached hydrogens (tertiary/aromatic N) is 1. The molecule has 3 N–H and O–H groups in total. The summed E-state index contributed by atoms with van der Waals surface area (Å²) in [4.78, 5) is 40.5. The molecular formula is C13H19N3O4S. The normalized spacial score (nSPS) is 12.0. The number of hydrogen-bond donors (Lipinski definition) is 3. The molecule has 0 unspecified atom stereocenters. The molecule has 1 amide bonds. The van der Waals surface area contributed by atoms with Gasteiger partial charge in [0.25, 0.3) is 0 Å². The number of thioether (sulfide) groups is 1. The van der Waals surface area contributed by atoms with Crippen LogP contribution in [0.1, 0.15) is 23.4 Å². The van der Waals surface area contributed by atoms with Crippen molar-refractivity contribution in [2.75, 3.05) is 12.0 Å². The lowest BCUT2D eigenvalue weighted by atomic mass is 10.1. The van der Waals surface area contributed by atoms with Gasteiger partial charge in [0.15, 0.2) is 0 Å². The second-order valence-electron chi connectivity index (χ2n) is 4.65. The van der Waals surface area contributed by atoms with Crippen molar-refractivity contribution >= 4 is 23.6 Å². The first kappa shape index (κ1) is 17.2. The van der Waals surface area contributed by atoms with Crippen LogP contribution in [0.15, 0.2) is 4.79 Å². The number of carbonyl (C=O) groups is 2. The summed E-state index contributed by atoms with van der Waals surface area (Å²) in [6.45, 7) is 3.33. The molecule has 0 radical (unpaired) electrons. The Morgan fingerprint density at radius 1 is 1.43 bits per heavy atom.